The number of rotatable bonds is 5. The van der Waals surface area contributed by atoms with Crippen LogP contribution in [0.15, 0.2) is 42.6 Å². The summed E-state index contributed by atoms with van der Waals surface area (Å²) in [4.78, 5) is 18.5. The van der Waals surface area contributed by atoms with E-state index >= 15 is 0 Å². The monoisotopic (exact) mass is 361 g/mol. The van der Waals surface area contributed by atoms with Gasteiger partial charge in [0, 0.05) is 30.9 Å². The smallest absolute Gasteiger partial charge is 0.273 e. The Morgan fingerprint density at radius 2 is 2.12 bits per heavy atom. The number of aromatic nitrogens is 1. The lowest BCUT2D eigenvalue weighted by molar-refractivity contribution is 0.0162. The van der Waals surface area contributed by atoms with Crippen LogP contribution in [-0.2, 0) is 4.74 Å². The molecule has 1 aliphatic rings. The van der Waals surface area contributed by atoms with Crippen LogP contribution >= 0.6 is 11.6 Å². The van der Waals surface area contributed by atoms with Crippen LogP contribution in [0.4, 0.5) is 0 Å². The molecular weight excluding hydrogens is 342 g/mol. The van der Waals surface area contributed by atoms with Gasteiger partial charge in [-0.25, -0.2) is 4.98 Å². The highest BCUT2D eigenvalue weighted by Crippen LogP contribution is 2.24. The predicted octanol–water partition coefficient (Wildman–Crippen LogP) is 2.24. The van der Waals surface area contributed by atoms with E-state index in [0.29, 0.717) is 24.8 Å². The largest absolute Gasteiger partial charge is 0.505 e. The maximum Gasteiger partial charge on any atom is 0.273 e. The molecule has 0 radical (unpaired) electrons. The first-order valence-electron chi connectivity index (χ1n) is 8.14. The molecule has 1 fully saturated rings. The Morgan fingerprint density at radius 1 is 1.32 bits per heavy atom. The first-order chi connectivity index (χ1) is 12.1. The summed E-state index contributed by atoms with van der Waals surface area (Å²) in [5.74, 6) is -0.538. The number of pyridine rings is 1. The van der Waals surface area contributed by atoms with Gasteiger partial charge in [0.2, 0.25) is 0 Å². The minimum atomic E-state index is -0.404. The number of amides is 1. The molecule has 1 aromatic heterocycles. The van der Waals surface area contributed by atoms with Gasteiger partial charge in [0.05, 0.1) is 19.3 Å². The van der Waals surface area contributed by atoms with Gasteiger partial charge in [0.15, 0.2) is 5.69 Å². The van der Waals surface area contributed by atoms with Crippen LogP contribution in [0.2, 0.25) is 5.02 Å². The summed E-state index contributed by atoms with van der Waals surface area (Å²) in [6.45, 7) is 3.26. The molecule has 0 saturated carbocycles. The fourth-order valence-corrected chi connectivity index (χ4v) is 3.10. The van der Waals surface area contributed by atoms with Crippen molar-refractivity contribution in [3.05, 3.63) is 58.9 Å². The average molecular weight is 362 g/mol. The molecule has 2 heterocycles. The molecule has 1 amide bonds. The van der Waals surface area contributed by atoms with E-state index in [1.165, 1.54) is 12.3 Å². The third-order valence-corrected chi connectivity index (χ3v) is 4.41. The molecule has 25 heavy (non-hydrogen) atoms. The van der Waals surface area contributed by atoms with E-state index in [9.17, 15) is 9.90 Å². The Morgan fingerprint density at radius 3 is 2.84 bits per heavy atom. The molecule has 0 bridgehead atoms. The minimum Gasteiger partial charge on any atom is -0.505 e. The number of morpholine rings is 1. The Balaban J connectivity index is 1.75. The normalized spacial score (nSPS) is 16.4. The lowest BCUT2D eigenvalue weighted by atomic mass is 10.0. The van der Waals surface area contributed by atoms with Crippen molar-refractivity contribution in [1.82, 2.24) is 15.2 Å². The van der Waals surface area contributed by atoms with Crippen molar-refractivity contribution in [2.45, 2.75) is 6.04 Å². The van der Waals surface area contributed by atoms with Gasteiger partial charge in [-0.3, -0.25) is 9.69 Å². The van der Waals surface area contributed by atoms with Crippen molar-refractivity contribution >= 4 is 17.5 Å². The highest BCUT2D eigenvalue weighted by molar-refractivity contribution is 6.30. The summed E-state index contributed by atoms with van der Waals surface area (Å²) in [6, 6.07) is 10.6. The molecule has 6 nitrogen and oxygen atoms in total. The summed E-state index contributed by atoms with van der Waals surface area (Å²) in [5, 5.41) is 13.3. The fourth-order valence-electron chi connectivity index (χ4n) is 2.91. The number of carbonyl (C=O) groups excluding carboxylic acids is 1. The van der Waals surface area contributed by atoms with Crippen LogP contribution in [0.1, 0.15) is 22.1 Å². The van der Waals surface area contributed by atoms with Crippen molar-refractivity contribution in [2.75, 3.05) is 32.8 Å². The topological polar surface area (TPSA) is 74.7 Å². The van der Waals surface area contributed by atoms with Gasteiger partial charge in [-0.1, -0.05) is 23.7 Å². The average Bonchev–Trinajstić information content (AvgIpc) is 2.63. The molecule has 2 N–H and O–H groups in total. The highest BCUT2D eigenvalue weighted by Gasteiger charge is 2.24. The number of benzene rings is 1. The van der Waals surface area contributed by atoms with Gasteiger partial charge in [-0.15, -0.1) is 0 Å². The SMILES string of the molecule is O=C(NCC(c1cccc(Cl)c1)N1CCOCC1)c1ncccc1O. The van der Waals surface area contributed by atoms with E-state index in [0.717, 1.165) is 18.7 Å². The molecule has 3 rings (SSSR count). The Bertz CT molecular complexity index is 735. The van der Waals surface area contributed by atoms with Crippen LogP contribution < -0.4 is 5.32 Å². The second-order valence-electron chi connectivity index (χ2n) is 5.80. The van der Waals surface area contributed by atoms with Crippen LogP contribution in [0.5, 0.6) is 5.75 Å². The Hall–Kier alpha value is -2.15. The van der Waals surface area contributed by atoms with E-state index in [2.05, 4.69) is 15.2 Å². The molecule has 1 atom stereocenters. The van der Waals surface area contributed by atoms with Gasteiger partial charge in [0.25, 0.3) is 5.91 Å². The first kappa shape index (κ1) is 17.7. The van der Waals surface area contributed by atoms with E-state index in [1.807, 2.05) is 24.3 Å². The molecule has 1 unspecified atom stereocenters. The van der Waals surface area contributed by atoms with E-state index in [4.69, 9.17) is 16.3 Å². The van der Waals surface area contributed by atoms with Crippen LogP contribution in [0.3, 0.4) is 0 Å². The zero-order chi connectivity index (χ0) is 17.6. The molecule has 132 valence electrons. The molecule has 7 heteroatoms. The summed E-state index contributed by atoms with van der Waals surface area (Å²) < 4.78 is 5.42. The molecule has 0 spiro atoms. The quantitative estimate of drug-likeness (QED) is 0.854. The molecule has 2 aromatic rings. The van der Waals surface area contributed by atoms with E-state index in [1.54, 1.807) is 6.07 Å². The maximum absolute atomic E-state index is 12.3. The number of halogens is 1. The molecule has 1 saturated heterocycles. The van der Waals surface area contributed by atoms with Crippen molar-refractivity contribution in [2.24, 2.45) is 0 Å². The minimum absolute atomic E-state index is 0.0225. The van der Waals surface area contributed by atoms with Crippen molar-refractivity contribution in [1.29, 1.82) is 0 Å². The van der Waals surface area contributed by atoms with Crippen LogP contribution in [0, 0.1) is 0 Å². The summed E-state index contributed by atoms with van der Waals surface area (Å²) in [5.41, 5.74) is 1.05. The number of hydrogen-bond acceptors (Lipinski definition) is 5. The Labute approximate surface area is 151 Å². The van der Waals surface area contributed by atoms with Crippen LogP contribution in [-0.4, -0.2) is 53.7 Å². The number of nitrogens with zero attached hydrogens (tertiary/aromatic N) is 2. The molecular formula is C18H20ClN3O3. The summed E-state index contributed by atoms with van der Waals surface area (Å²) in [6.07, 6.45) is 1.48. The maximum atomic E-state index is 12.3. The van der Waals surface area contributed by atoms with Crippen molar-refractivity contribution in [3.63, 3.8) is 0 Å². The Kier molecular flexibility index (Phi) is 5.86. The molecule has 1 aromatic carbocycles. The van der Waals surface area contributed by atoms with E-state index < -0.39 is 5.91 Å². The predicted molar refractivity (Wildman–Crippen MR) is 94.8 cm³/mol. The van der Waals surface area contributed by atoms with Gasteiger partial charge < -0.3 is 15.2 Å². The zero-order valence-corrected chi connectivity index (χ0v) is 14.4. The second-order valence-corrected chi connectivity index (χ2v) is 6.24. The van der Waals surface area contributed by atoms with Gasteiger partial charge in [-0.2, -0.15) is 0 Å². The standard InChI is InChI=1S/C18H20ClN3O3/c19-14-4-1-3-13(11-14)15(22-7-9-25-10-8-22)12-21-18(24)17-16(23)5-2-6-20-17/h1-6,11,15,23H,7-10,12H2,(H,21,24). The summed E-state index contributed by atoms with van der Waals surface area (Å²) >= 11 is 6.13. The number of ether oxygens (including phenoxy) is 1. The first-order valence-corrected chi connectivity index (χ1v) is 8.52. The van der Waals surface area contributed by atoms with Gasteiger partial charge >= 0.3 is 0 Å². The number of aromatic hydroxyl groups is 1. The third kappa shape index (κ3) is 4.48. The number of hydrogen-bond donors (Lipinski definition) is 2. The third-order valence-electron chi connectivity index (χ3n) is 4.18. The number of carbonyl (C=O) groups is 1. The second kappa shape index (κ2) is 8.29. The lowest BCUT2D eigenvalue weighted by Gasteiger charge is -2.35. The lowest BCUT2D eigenvalue weighted by Crippen LogP contribution is -2.43. The van der Waals surface area contributed by atoms with Gasteiger partial charge in [0.1, 0.15) is 5.75 Å². The molecule has 1 aliphatic heterocycles. The van der Waals surface area contributed by atoms with E-state index in [-0.39, 0.29) is 17.5 Å². The van der Waals surface area contributed by atoms with Gasteiger partial charge in [-0.05, 0) is 29.8 Å². The van der Waals surface area contributed by atoms with Crippen LogP contribution in [0.25, 0.3) is 0 Å². The highest BCUT2D eigenvalue weighted by atomic mass is 35.5. The van der Waals surface area contributed by atoms with Crippen molar-refractivity contribution < 1.29 is 14.6 Å². The summed E-state index contributed by atoms with van der Waals surface area (Å²) in [7, 11) is 0. The number of nitrogens with one attached hydrogen (secondary N) is 1. The zero-order valence-electron chi connectivity index (χ0n) is 13.7. The van der Waals surface area contributed by atoms with Crippen molar-refractivity contribution in [3.8, 4) is 5.75 Å². The molecule has 0 aliphatic carbocycles. The fraction of sp³-hybridized carbons (Fsp3) is 0.333.